The lowest BCUT2D eigenvalue weighted by Gasteiger charge is -2.13. The SMILES string of the molecule is Cc1ccc(-c2cc(NC(=O)[C@@H](N)C(C)C)n[nH]2)s1. The number of aromatic amines is 1. The lowest BCUT2D eigenvalue weighted by molar-refractivity contribution is -0.118. The lowest BCUT2D eigenvalue weighted by Crippen LogP contribution is -2.39. The van der Waals surface area contributed by atoms with Crippen molar-refractivity contribution in [3.8, 4) is 10.6 Å². The van der Waals surface area contributed by atoms with E-state index in [4.69, 9.17) is 5.73 Å². The zero-order valence-corrected chi connectivity index (χ0v) is 12.0. The monoisotopic (exact) mass is 278 g/mol. The topological polar surface area (TPSA) is 83.8 Å². The van der Waals surface area contributed by atoms with E-state index in [1.807, 2.05) is 32.0 Å². The molecule has 0 saturated heterocycles. The number of rotatable bonds is 4. The van der Waals surface area contributed by atoms with Crippen molar-refractivity contribution in [3.63, 3.8) is 0 Å². The van der Waals surface area contributed by atoms with Gasteiger partial charge in [-0.15, -0.1) is 11.3 Å². The molecule has 6 heteroatoms. The fraction of sp³-hybridized carbons (Fsp3) is 0.385. The van der Waals surface area contributed by atoms with E-state index >= 15 is 0 Å². The van der Waals surface area contributed by atoms with E-state index in [0.29, 0.717) is 5.82 Å². The van der Waals surface area contributed by atoms with Gasteiger partial charge in [0.15, 0.2) is 5.82 Å². The van der Waals surface area contributed by atoms with Crippen molar-refractivity contribution in [1.82, 2.24) is 10.2 Å². The van der Waals surface area contributed by atoms with Gasteiger partial charge in [-0.1, -0.05) is 13.8 Å². The first-order valence-corrected chi connectivity index (χ1v) is 6.97. The molecule has 0 aliphatic rings. The molecular formula is C13H18N4OS. The molecule has 0 unspecified atom stereocenters. The Morgan fingerprint density at radius 3 is 2.79 bits per heavy atom. The van der Waals surface area contributed by atoms with Gasteiger partial charge in [0, 0.05) is 10.9 Å². The minimum absolute atomic E-state index is 0.0957. The highest BCUT2D eigenvalue weighted by Gasteiger charge is 2.18. The summed E-state index contributed by atoms with van der Waals surface area (Å²) in [6.45, 7) is 5.87. The third-order valence-electron chi connectivity index (χ3n) is 2.86. The number of carbonyl (C=O) groups is 1. The summed E-state index contributed by atoms with van der Waals surface area (Å²) in [5.41, 5.74) is 6.68. The van der Waals surface area contributed by atoms with Crippen molar-refractivity contribution in [2.75, 3.05) is 5.32 Å². The van der Waals surface area contributed by atoms with E-state index in [1.165, 1.54) is 4.88 Å². The normalized spacial score (nSPS) is 12.7. The second-order valence-electron chi connectivity index (χ2n) is 4.84. The third kappa shape index (κ3) is 3.21. The first-order chi connectivity index (χ1) is 8.97. The van der Waals surface area contributed by atoms with Gasteiger partial charge in [0.25, 0.3) is 0 Å². The van der Waals surface area contributed by atoms with Crippen molar-refractivity contribution < 1.29 is 4.79 Å². The second kappa shape index (κ2) is 5.54. The number of carbonyl (C=O) groups excluding carboxylic acids is 1. The number of H-pyrrole nitrogens is 1. The standard InChI is InChI=1S/C13H18N4OS/c1-7(2)12(14)13(18)15-11-6-9(16-17-11)10-5-4-8(3)19-10/h4-7,12H,14H2,1-3H3,(H2,15,16,17,18)/t12-/m0/s1. The first kappa shape index (κ1) is 13.8. The maximum absolute atomic E-state index is 11.8. The summed E-state index contributed by atoms with van der Waals surface area (Å²) >= 11 is 1.68. The molecule has 5 nitrogen and oxygen atoms in total. The minimum atomic E-state index is -0.524. The second-order valence-corrected chi connectivity index (χ2v) is 6.12. The number of aryl methyl sites for hydroxylation is 1. The minimum Gasteiger partial charge on any atom is -0.320 e. The predicted molar refractivity (Wildman–Crippen MR) is 78.1 cm³/mol. The summed E-state index contributed by atoms with van der Waals surface area (Å²) in [6.07, 6.45) is 0. The van der Waals surface area contributed by atoms with E-state index in [0.717, 1.165) is 10.6 Å². The van der Waals surface area contributed by atoms with E-state index in [-0.39, 0.29) is 11.8 Å². The Bertz CT molecular complexity index is 573. The van der Waals surface area contributed by atoms with Gasteiger partial charge in [0.2, 0.25) is 5.91 Å². The summed E-state index contributed by atoms with van der Waals surface area (Å²) < 4.78 is 0. The average molecular weight is 278 g/mol. The molecule has 0 bridgehead atoms. The largest absolute Gasteiger partial charge is 0.320 e. The molecule has 102 valence electrons. The Labute approximate surface area is 116 Å². The van der Waals surface area contributed by atoms with Gasteiger partial charge in [-0.05, 0) is 25.0 Å². The molecule has 0 radical (unpaired) electrons. The molecule has 0 saturated carbocycles. The highest BCUT2D eigenvalue weighted by molar-refractivity contribution is 7.15. The number of thiophene rings is 1. The lowest BCUT2D eigenvalue weighted by atomic mass is 10.1. The molecule has 4 N–H and O–H groups in total. The third-order valence-corrected chi connectivity index (χ3v) is 3.89. The highest BCUT2D eigenvalue weighted by atomic mass is 32.1. The smallest absolute Gasteiger partial charge is 0.242 e. The number of hydrogen-bond donors (Lipinski definition) is 3. The molecule has 0 aliphatic carbocycles. The number of hydrogen-bond acceptors (Lipinski definition) is 4. The van der Waals surface area contributed by atoms with Gasteiger partial charge in [-0.25, -0.2) is 0 Å². The summed E-state index contributed by atoms with van der Waals surface area (Å²) in [7, 11) is 0. The number of amides is 1. The zero-order chi connectivity index (χ0) is 14.0. The molecule has 2 rings (SSSR count). The van der Waals surface area contributed by atoms with Gasteiger partial charge in [0.1, 0.15) is 0 Å². The predicted octanol–water partition coefficient (Wildman–Crippen LogP) is 2.37. The van der Waals surface area contributed by atoms with Gasteiger partial charge in [-0.2, -0.15) is 5.10 Å². The van der Waals surface area contributed by atoms with Crippen LogP contribution < -0.4 is 11.1 Å². The van der Waals surface area contributed by atoms with Crippen LogP contribution in [0.3, 0.4) is 0 Å². The van der Waals surface area contributed by atoms with Gasteiger partial charge >= 0.3 is 0 Å². The van der Waals surface area contributed by atoms with Crippen molar-refractivity contribution in [2.45, 2.75) is 26.8 Å². The first-order valence-electron chi connectivity index (χ1n) is 6.16. The fourth-order valence-corrected chi connectivity index (χ4v) is 2.44. The summed E-state index contributed by atoms with van der Waals surface area (Å²) in [6, 6.07) is 5.37. The zero-order valence-electron chi connectivity index (χ0n) is 11.2. The molecule has 0 aromatic carbocycles. The molecule has 0 aliphatic heterocycles. The molecule has 1 amide bonds. The molecule has 19 heavy (non-hydrogen) atoms. The van der Waals surface area contributed by atoms with Gasteiger partial charge < -0.3 is 11.1 Å². The van der Waals surface area contributed by atoms with E-state index in [2.05, 4.69) is 22.4 Å². The Balaban J connectivity index is 2.08. The van der Waals surface area contributed by atoms with E-state index < -0.39 is 6.04 Å². The van der Waals surface area contributed by atoms with Crippen molar-refractivity contribution in [2.24, 2.45) is 11.7 Å². The molecule has 2 heterocycles. The van der Waals surface area contributed by atoms with E-state index in [9.17, 15) is 4.79 Å². The molecule has 0 spiro atoms. The van der Waals surface area contributed by atoms with Gasteiger partial charge in [0.05, 0.1) is 16.6 Å². The van der Waals surface area contributed by atoms with Crippen LogP contribution in [0, 0.1) is 12.8 Å². The average Bonchev–Trinajstić information content (AvgIpc) is 2.96. The molecule has 2 aromatic rings. The van der Waals surface area contributed by atoms with Crippen LogP contribution in [0.5, 0.6) is 0 Å². The quantitative estimate of drug-likeness (QED) is 0.802. The molecular weight excluding hydrogens is 260 g/mol. The van der Waals surface area contributed by atoms with Crippen molar-refractivity contribution in [1.29, 1.82) is 0 Å². The molecule has 2 aromatic heterocycles. The van der Waals surface area contributed by atoms with Crippen molar-refractivity contribution >= 4 is 23.1 Å². The Kier molecular flexibility index (Phi) is 4.01. The molecule has 1 atom stereocenters. The Hall–Kier alpha value is -1.66. The number of nitrogens with two attached hydrogens (primary N) is 1. The van der Waals surface area contributed by atoms with Crippen LogP contribution in [0.1, 0.15) is 18.7 Å². The molecule has 0 fully saturated rings. The number of aromatic nitrogens is 2. The highest BCUT2D eigenvalue weighted by Crippen LogP contribution is 2.27. The van der Waals surface area contributed by atoms with Crippen LogP contribution in [0.15, 0.2) is 18.2 Å². The van der Waals surface area contributed by atoms with Gasteiger partial charge in [-0.3, -0.25) is 9.89 Å². The van der Waals surface area contributed by atoms with E-state index in [1.54, 1.807) is 11.3 Å². The maximum atomic E-state index is 11.8. The van der Waals surface area contributed by atoms with Crippen LogP contribution in [-0.2, 0) is 4.79 Å². The Morgan fingerprint density at radius 1 is 1.47 bits per heavy atom. The van der Waals surface area contributed by atoms with Crippen LogP contribution in [0.2, 0.25) is 0 Å². The van der Waals surface area contributed by atoms with Crippen LogP contribution in [-0.4, -0.2) is 22.1 Å². The van der Waals surface area contributed by atoms with Crippen LogP contribution in [0.4, 0.5) is 5.82 Å². The number of nitrogens with one attached hydrogen (secondary N) is 2. The van der Waals surface area contributed by atoms with Crippen molar-refractivity contribution in [3.05, 3.63) is 23.1 Å². The van der Waals surface area contributed by atoms with Crippen LogP contribution in [0.25, 0.3) is 10.6 Å². The number of nitrogens with zero attached hydrogens (tertiary/aromatic N) is 1. The Morgan fingerprint density at radius 2 is 2.21 bits per heavy atom. The van der Waals surface area contributed by atoms with Crippen LogP contribution >= 0.6 is 11.3 Å². The summed E-state index contributed by atoms with van der Waals surface area (Å²) in [5.74, 6) is 0.385. The number of anilines is 1. The summed E-state index contributed by atoms with van der Waals surface area (Å²) in [5, 5.41) is 9.71. The maximum Gasteiger partial charge on any atom is 0.242 e. The summed E-state index contributed by atoms with van der Waals surface area (Å²) in [4.78, 5) is 14.1. The fourth-order valence-electron chi connectivity index (χ4n) is 1.60.